The monoisotopic (exact) mass is 209 g/mol. The Morgan fingerprint density at radius 2 is 1.73 bits per heavy atom. The predicted octanol–water partition coefficient (Wildman–Crippen LogP) is 2.87. The second-order valence-corrected chi connectivity index (χ2v) is 2.95. The minimum Gasteiger partial charge on any atom is -0.497 e. The van der Waals surface area contributed by atoms with Crippen LogP contribution in [0.3, 0.4) is 0 Å². The smallest absolute Gasteiger partial charge is 0.118 e. The number of nitrogens with one attached hydrogen (secondary N) is 1. The van der Waals surface area contributed by atoms with Crippen LogP contribution < -0.4 is 10.1 Å². The molecule has 0 saturated carbocycles. The summed E-state index contributed by atoms with van der Waals surface area (Å²) in [6.07, 6.45) is 1.08. The van der Waals surface area contributed by atoms with Gasteiger partial charge >= 0.3 is 0 Å². The van der Waals surface area contributed by atoms with E-state index in [4.69, 9.17) is 4.74 Å². The first-order chi connectivity index (χ1) is 7.36. The van der Waals surface area contributed by atoms with Gasteiger partial charge in [-0.3, -0.25) is 0 Å². The summed E-state index contributed by atoms with van der Waals surface area (Å²) in [5.41, 5.74) is 1.35. The molecule has 1 N–H and O–H groups in total. The molecule has 2 nitrogen and oxygen atoms in total. The molecule has 0 aliphatic heterocycles. The Bertz CT molecular complexity index is 231. The molecular weight excluding hydrogens is 186 g/mol. The van der Waals surface area contributed by atoms with Crippen LogP contribution in [0.1, 0.15) is 26.3 Å². The highest BCUT2D eigenvalue weighted by atomic mass is 16.5. The summed E-state index contributed by atoms with van der Waals surface area (Å²) >= 11 is 0. The number of benzene rings is 1. The molecule has 0 heterocycles. The van der Waals surface area contributed by atoms with Gasteiger partial charge in [-0.25, -0.2) is 0 Å². The number of rotatable bonds is 5. The first kappa shape index (κ1) is 14.0. The SMILES string of the molecule is CC.CCNCCc1ccc(OC)cc1. The fourth-order valence-electron chi connectivity index (χ4n) is 1.20. The predicted molar refractivity (Wildman–Crippen MR) is 66.6 cm³/mol. The first-order valence-electron chi connectivity index (χ1n) is 5.70. The van der Waals surface area contributed by atoms with Gasteiger partial charge in [-0.2, -0.15) is 0 Å². The van der Waals surface area contributed by atoms with Crippen LogP contribution in [0.4, 0.5) is 0 Å². The summed E-state index contributed by atoms with van der Waals surface area (Å²) < 4.78 is 5.08. The summed E-state index contributed by atoms with van der Waals surface area (Å²) in [4.78, 5) is 0. The Kier molecular flexibility index (Phi) is 8.88. The van der Waals surface area contributed by atoms with Crippen LogP contribution in [0, 0.1) is 0 Å². The highest BCUT2D eigenvalue weighted by Crippen LogP contribution is 2.11. The van der Waals surface area contributed by atoms with E-state index in [2.05, 4.69) is 24.4 Å². The van der Waals surface area contributed by atoms with Gasteiger partial charge in [-0.1, -0.05) is 32.9 Å². The number of ether oxygens (including phenoxy) is 1. The average Bonchev–Trinajstić information content (AvgIpc) is 2.33. The normalized spacial score (nSPS) is 9.07. The van der Waals surface area contributed by atoms with Gasteiger partial charge in [0.25, 0.3) is 0 Å². The van der Waals surface area contributed by atoms with Crippen LogP contribution in [0.5, 0.6) is 5.75 Å². The van der Waals surface area contributed by atoms with Crippen LogP contribution in [0.15, 0.2) is 24.3 Å². The second-order valence-electron chi connectivity index (χ2n) is 2.95. The molecule has 86 valence electrons. The molecule has 0 saturated heterocycles. The number of hydrogen-bond donors (Lipinski definition) is 1. The summed E-state index contributed by atoms with van der Waals surface area (Å²) in [6, 6.07) is 8.22. The minimum atomic E-state index is 0.923. The molecule has 0 unspecified atom stereocenters. The van der Waals surface area contributed by atoms with Gasteiger partial charge in [0.05, 0.1) is 7.11 Å². The Morgan fingerprint density at radius 3 is 2.20 bits per heavy atom. The van der Waals surface area contributed by atoms with Crippen molar-refractivity contribution in [3.8, 4) is 5.75 Å². The highest BCUT2D eigenvalue weighted by molar-refractivity contribution is 5.27. The van der Waals surface area contributed by atoms with Crippen LogP contribution in [0.2, 0.25) is 0 Å². The van der Waals surface area contributed by atoms with Crippen LogP contribution in [-0.2, 0) is 6.42 Å². The maximum atomic E-state index is 5.08. The fraction of sp³-hybridized carbons (Fsp3) is 0.538. The summed E-state index contributed by atoms with van der Waals surface area (Å²) in [7, 11) is 1.69. The standard InChI is InChI=1S/C11H17NO.C2H6/c1-3-12-9-8-10-4-6-11(13-2)7-5-10;1-2/h4-7,12H,3,8-9H2,1-2H3;1-2H3. The van der Waals surface area contributed by atoms with Gasteiger partial charge in [-0.15, -0.1) is 0 Å². The zero-order valence-electron chi connectivity index (χ0n) is 10.3. The molecular formula is C13H23NO. The quantitative estimate of drug-likeness (QED) is 0.753. The molecule has 1 aromatic rings. The van der Waals surface area contributed by atoms with Crippen molar-refractivity contribution in [1.82, 2.24) is 5.32 Å². The maximum absolute atomic E-state index is 5.08. The van der Waals surface area contributed by atoms with Crippen LogP contribution in [-0.4, -0.2) is 20.2 Å². The molecule has 0 aliphatic rings. The molecule has 2 heteroatoms. The molecule has 0 radical (unpaired) electrons. The van der Waals surface area contributed by atoms with Crippen molar-refractivity contribution < 1.29 is 4.74 Å². The number of methoxy groups -OCH3 is 1. The van der Waals surface area contributed by atoms with Crippen molar-refractivity contribution >= 4 is 0 Å². The lowest BCUT2D eigenvalue weighted by Crippen LogP contribution is -2.15. The zero-order chi connectivity index (χ0) is 11.5. The molecule has 0 bridgehead atoms. The van der Waals surface area contributed by atoms with Crippen molar-refractivity contribution in [2.75, 3.05) is 20.2 Å². The van der Waals surface area contributed by atoms with E-state index in [1.165, 1.54) is 5.56 Å². The minimum absolute atomic E-state index is 0.923. The van der Waals surface area contributed by atoms with Gasteiger partial charge in [0.15, 0.2) is 0 Å². The summed E-state index contributed by atoms with van der Waals surface area (Å²) in [5.74, 6) is 0.923. The lowest BCUT2D eigenvalue weighted by atomic mass is 10.1. The molecule has 1 aromatic carbocycles. The van der Waals surface area contributed by atoms with E-state index >= 15 is 0 Å². The zero-order valence-corrected chi connectivity index (χ0v) is 10.3. The van der Waals surface area contributed by atoms with Crippen molar-refractivity contribution in [2.24, 2.45) is 0 Å². The largest absolute Gasteiger partial charge is 0.497 e. The van der Waals surface area contributed by atoms with E-state index in [0.717, 1.165) is 25.3 Å². The average molecular weight is 209 g/mol. The van der Waals surface area contributed by atoms with E-state index in [0.29, 0.717) is 0 Å². The Morgan fingerprint density at radius 1 is 1.13 bits per heavy atom. The van der Waals surface area contributed by atoms with Gasteiger partial charge in [-0.05, 0) is 37.2 Å². The first-order valence-corrected chi connectivity index (χ1v) is 5.70. The topological polar surface area (TPSA) is 21.3 Å². The molecule has 1 rings (SSSR count). The van der Waals surface area contributed by atoms with Crippen molar-refractivity contribution in [2.45, 2.75) is 27.2 Å². The van der Waals surface area contributed by atoms with Gasteiger partial charge in [0.1, 0.15) is 5.75 Å². The van der Waals surface area contributed by atoms with E-state index in [9.17, 15) is 0 Å². The van der Waals surface area contributed by atoms with Crippen LogP contribution >= 0.6 is 0 Å². The third-order valence-corrected chi connectivity index (χ3v) is 2.00. The van der Waals surface area contributed by atoms with Gasteiger partial charge in [0, 0.05) is 0 Å². The van der Waals surface area contributed by atoms with Crippen molar-refractivity contribution in [3.63, 3.8) is 0 Å². The summed E-state index contributed by atoms with van der Waals surface area (Å²) in [6.45, 7) is 8.20. The van der Waals surface area contributed by atoms with Crippen molar-refractivity contribution in [1.29, 1.82) is 0 Å². The molecule has 15 heavy (non-hydrogen) atoms. The summed E-state index contributed by atoms with van der Waals surface area (Å²) in [5, 5.41) is 3.29. The van der Waals surface area contributed by atoms with E-state index < -0.39 is 0 Å². The maximum Gasteiger partial charge on any atom is 0.118 e. The molecule has 0 aromatic heterocycles. The fourth-order valence-corrected chi connectivity index (χ4v) is 1.20. The molecule has 0 fully saturated rings. The van der Waals surface area contributed by atoms with Crippen LogP contribution in [0.25, 0.3) is 0 Å². The Labute approximate surface area is 93.7 Å². The van der Waals surface area contributed by atoms with E-state index in [1.807, 2.05) is 26.0 Å². The molecule has 0 amide bonds. The molecule has 0 aliphatic carbocycles. The highest BCUT2D eigenvalue weighted by Gasteiger charge is 1.93. The third-order valence-electron chi connectivity index (χ3n) is 2.00. The third kappa shape index (κ3) is 6.13. The Hall–Kier alpha value is -1.02. The second kappa shape index (κ2) is 9.53. The van der Waals surface area contributed by atoms with Crippen molar-refractivity contribution in [3.05, 3.63) is 29.8 Å². The molecule has 0 spiro atoms. The molecule has 0 atom stereocenters. The lowest BCUT2D eigenvalue weighted by Gasteiger charge is -2.03. The lowest BCUT2D eigenvalue weighted by molar-refractivity contribution is 0.414. The van der Waals surface area contributed by atoms with E-state index in [-0.39, 0.29) is 0 Å². The Balaban J connectivity index is 0.000000921. The van der Waals surface area contributed by atoms with E-state index in [1.54, 1.807) is 7.11 Å². The number of likely N-dealkylation sites (N-methyl/N-ethyl adjacent to an activating group) is 1. The van der Waals surface area contributed by atoms with Gasteiger partial charge < -0.3 is 10.1 Å². The van der Waals surface area contributed by atoms with Gasteiger partial charge in [0.2, 0.25) is 0 Å². The number of hydrogen-bond acceptors (Lipinski definition) is 2.